The molecule has 0 saturated carbocycles. The number of hydrogen-bond acceptors (Lipinski definition) is 4. The van der Waals surface area contributed by atoms with Crippen molar-refractivity contribution in [2.45, 2.75) is 18.9 Å². The average molecular weight is 261 g/mol. The summed E-state index contributed by atoms with van der Waals surface area (Å²) in [6.45, 7) is 1.34. The van der Waals surface area contributed by atoms with Crippen molar-refractivity contribution in [3.8, 4) is 0 Å². The van der Waals surface area contributed by atoms with E-state index in [1.807, 2.05) is 24.3 Å². The molecule has 1 N–H and O–H groups in total. The Hall–Kier alpha value is -1.85. The molecular weight excluding hydrogens is 246 g/mol. The second-order valence-electron chi connectivity index (χ2n) is 4.51. The molecule has 3 rings (SSSR count). The summed E-state index contributed by atoms with van der Waals surface area (Å²) in [5, 5.41) is 0.902. The summed E-state index contributed by atoms with van der Waals surface area (Å²) in [5.74, 6) is -0.101. The lowest BCUT2D eigenvalue weighted by Gasteiger charge is -2.21. The molecule has 0 unspecified atom stereocenters. The van der Waals surface area contributed by atoms with Gasteiger partial charge in [-0.05, 0) is 25.0 Å². The minimum Gasteiger partial charge on any atom is -0.451 e. The first kappa shape index (κ1) is 12.2. The van der Waals surface area contributed by atoms with Crippen molar-refractivity contribution in [3.63, 3.8) is 0 Å². The molecule has 1 fully saturated rings. The number of fused-ring (bicyclic) bond motifs is 1. The lowest BCUT2D eigenvalue weighted by Crippen LogP contribution is -2.33. The minimum atomic E-state index is -0.359. The summed E-state index contributed by atoms with van der Waals surface area (Å²) >= 11 is 0. The van der Waals surface area contributed by atoms with Gasteiger partial charge in [-0.15, -0.1) is 0 Å². The molecule has 0 radical (unpaired) electrons. The van der Waals surface area contributed by atoms with Gasteiger partial charge in [0.25, 0.3) is 0 Å². The average Bonchev–Trinajstić information content (AvgIpc) is 2.90. The normalized spacial score (nSPS) is 16.6. The highest BCUT2D eigenvalue weighted by Crippen LogP contribution is 2.18. The van der Waals surface area contributed by atoms with Crippen LogP contribution >= 0.6 is 0 Å². The van der Waals surface area contributed by atoms with Crippen molar-refractivity contribution in [2.24, 2.45) is 0 Å². The Morgan fingerprint density at radius 3 is 2.84 bits per heavy atom. The molecule has 2 heterocycles. The third-order valence-corrected chi connectivity index (χ3v) is 3.14. The standard InChI is InChI=1S/C14H15NO4/c16-14(15-19-11-5-7-17-8-6-11)13-9-10-3-1-2-4-12(10)18-13/h1-4,9,11H,5-8H2,(H,15,16). The van der Waals surface area contributed by atoms with Gasteiger partial charge in [0, 0.05) is 18.6 Å². The molecular formula is C14H15NO4. The number of rotatable bonds is 3. The van der Waals surface area contributed by atoms with Gasteiger partial charge in [-0.1, -0.05) is 18.2 Å². The quantitative estimate of drug-likeness (QED) is 0.861. The van der Waals surface area contributed by atoms with E-state index < -0.39 is 0 Å². The maximum Gasteiger partial charge on any atom is 0.310 e. The van der Waals surface area contributed by atoms with Gasteiger partial charge in [-0.2, -0.15) is 0 Å². The third-order valence-electron chi connectivity index (χ3n) is 3.14. The molecule has 0 atom stereocenters. The Bertz CT molecular complexity index is 539. The van der Waals surface area contributed by atoms with Crippen molar-refractivity contribution >= 4 is 16.9 Å². The van der Waals surface area contributed by atoms with Crippen LogP contribution in [0.25, 0.3) is 11.0 Å². The predicted molar refractivity (Wildman–Crippen MR) is 68.6 cm³/mol. The summed E-state index contributed by atoms with van der Waals surface area (Å²) in [7, 11) is 0. The van der Waals surface area contributed by atoms with E-state index in [0.29, 0.717) is 18.8 Å². The summed E-state index contributed by atoms with van der Waals surface area (Å²) in [6.07, 6.45) is 1.60. The highest BCUT2D eigenvalue weighted by Gasteiger charge is 2.18. The number of benzene rings is 1. The van der Waals surface area contributed by atoms with E-state index in [2.05, 4.69) is 5.48 Å². The van der Waals surface area contributed by atoms with Crippen LogP contribution in [0.1, 0.15) is 23.4 Å². The van der Waals surface area contributed by atoms with Crippen LogP contribution in [0.3, 0.4) is 0 Å². The van der Waals surface area contributed by atoms with E-state index in [1.54, 1.807) is 6.07 Å². The van der Waals surface area contributed by atoms with Crippen LogP contribution in [-0.4, -0.2) is 25.2 Å². The molecule has 0 bridgehead atoms. The van der Waals surface area contributed by atoms with Crippen LogP contribution in [0.15, 0.2) is 34.7 Å². The van der Waals surface area contributed by atoms with E-state index in [1.165, 1.54) is 0 Å². The first-order valence-electron chi connectivity index (χ1n) is 6.35. The summed E-state index contributed by atoms with van der Waals surface area (Å²) in [5.41, 5.74) is 3.13. The second-order valence-corrected chi connectivity index (χ2v) is 4.51. The fraction of sp³-hybridized carbons (Fsp3) is 0.357. The smallest absolute Gasteiger partial charge is 0.310 e. The van der Waals surface area contributed by atoms with Crippen LogP contribution in [0.2, 0.25) is 0 Å². The Balaban J connectivity index is 1.63. The number of carbonyl (C=O) groups excluding carboxylic acids is 1. The van der Waals surface area contributed by atoms with Crippen LogP contribution in [0.4, 0.5) is 0 Å². The molecule has 19 heavy (non-hydrogen) atoms. The Morgan fingerprint density at radius 2 is 2.05 bits per heavy atom. The Labute approximate surface area is 110 Å². The zero-order valence-corrected chi connectivity index (χ0v) is 10.4. The summed E-state index contributed by atoms with van der Waals surface area (Å²) in [6, 6.07) is 9.20. The monoisotopic (exact) mass is 261 g/mol. The zero-order chi connectivity index (χ0) is 13.1. The van der Waals surface area contributed by atoms with Gasteiger partial charge >= 0.3 is 5.91 Å². The highest BCUT2D eigenvalue weighted by atomic mass is 16.7. The van der Waals surface area contributed by atoms with E-state index >= 15 is 0 Å². The maximum atomic E-state index is 11.9. The topological polar surface area (TPSA) is 60.7 Å². The summed E-state index contributed by atoms with van der Waals surface area (Å²) in [4.78, 5) is 17.3. The number of ether oxygens (including phenoxy) is 1. The Morgan fingerprint density at radius 1 is 1.26 bits per heavy atom. The molecule has 1 aromatic heterocycles. The van der Waals surface area contributed by atoms with Gasteiger partial charge in [-0.25, -0.2) is 5.48 Å². The largest absolute Gasteiger partial charge is 0.451 e. The number of carbonyl (C=O) groups is 1. The van der Waals surface area contributed by atoms with Crippen LogP contribution < -0.4 is 5.48 Å². The Kier molecular flexibility index (Phi) is 3.48. The second kappa shape index (κ2) is 5.42. The van der Waals surface area contributed by atoms with Crippen LogP contribution in [0, 0.1) is 0 Å². The number of hydrogen-bond donors (Lipinski definition) is 1. The van der Waals surface area contributed by atoms with E-state index in [9.17, 15) is 4.79 Å². The molecule has 5 heteroatoms. The molecule has 1 aliphatic rings. The molecule has 2 aromatic rings. The van der Waals surface area contributed by atoms with Crippen LogP contribution in [0.5, 0.6) is 0 Å². The predicted octanol–water partition coefficient (Wildman–Crippen LogP) is 2.27. The number of hydroxylamine groups is 1. The summed E-state index contributed by atoms with van der Waals surface area (Å²) < 4.78 is 10.7. The van der Waals surface area contributed by atoms with E-state index in [4.69, 9.17) is 14.0 Å². The number of para-hydroxylation sites is 1. The van der Waals surface area contributed by atoms with E-state index in [0.717, 1.165) is 18.2 Å². The van der Waals surface area contributed by atoms with Crippen LogP contribution in [-0.2, 0) is 9.57 Å². The van der Waals surface area contributed by atoms with Gasteiger partial charge in [-0.3, -0.25) is 9.63 Å². The third kappa shape index (κ3) is 2.77. The van der Waals surface area contributed by atoms with Crippen molar-refractivity contribution in [3.05, 3.63) is 36.1 Å². The first-order valence-corrected chi connectivity index (χ1v) is 6.35. The van der Waals surface area contributed by atoms with Gasteiger partial charge in [0.15, 0.2) is 5.76 Å². The van der Waals surface area contributed by atoms with Gasteiger partial charge in [0.05, 0.1) is 6.10 Å². The fourth-order valence-corrected chi connectivity index (χ4v) is 2.07. The molecule has 1 amide bonds. The molecule has 100 valence electrons. The van der Waals surface area contributed by atoms with Crippen molar-refractivity contribution in [1.82, 2.24) is 5.48 Å². The van der Waals surface area contributed by atoms with Gasteiger partial charge in [0.1, 0.15) is 5.58 Å². The maximum absolute atomic E-state index is 11.9. The van der Waals surface area contributed by atoms with Crippen molar-refractivity contribution < 1.29 is 18.8 Å². The van der Waals surface area contributed by atoms with Gasteiger partial charge < -0.3 is 9.15 Å². The number of furan rings is 1. The molecule has 1 saturated heterocycles. The molecule has 0 spiro atoms. The zero-order valence-electron chi connectivity index (χ0n) is 10.4. The lowest BCUT2D eigenvalue weighted by molar-refractivity contribution is -0.0679. The number of nitrogens with one attached hydrogen (secondary N) is 1. The molecule has 1 aromatic carbocycles. The van der Waals surface area contributed by atoms with Crippen molar-refractivity contribution in [2.75, 3.05) is 13.2 Å². The fourth-order valence-electron chi connectivity index (χ4n) is 2.07. The first-order chi connectivity index (χ1) is 9.33. The SMILES string of the molecule is O=C(NOC1CCOCC1)c1cc2ccccc2o1. The highest BCUT2D eigenvalue weighted by molar-refractivity contribution is 5.95. The van der Waals surface area contributed by atoms with E-state index in [-0.39, 0.29) is 17.8 Å². The van der Waals surface area contributed by atoms with Gasteiger partial charge in [0.2, 0.25) is 0 Å². The molecule has 1 aliphatic heterocycles. The lowest BCUT2D eigenvalue weighted by atomic mass is 10.2. The molecule has 5 nitrogen and oxygen atoms in total. The van der Waals surface area contributed by atoms with Crippen molar-refractivity contribution in [1.29, 1.82) is 0 Å². The molecule has 0 aliphatic carbocycles. The minimum absolute atomic E-state index is 0.0158. The number of amides is 1.